The van der Waals surface area contributed by atoms with Gasteiger partial charge in [-0.1, -0.05) is 60.7 Å². The predicted octanol–water partition coefficient (Wildman–Crippen LogP) is 4.49. The number of likely N-dealkylation sites (tertiary alicyclic amines) is 1. The Morgan fingerprint density at radius 3 is 2.54 bits per heavy atom. The van der Waals surface area contributed by atoms with Crippen molar-refractivity contribution in [1.82, 2.24) is 19.4 Å². The van der Waals surface area contributed by atoms with E-state index in [2.05, 4.69) is 45.2 Å². The van der Waals surface area contributed by atoms with Crippen molar-refractivity contribution in [2.45, 2.75) is 25.6 Å². The fraction of sp³-hybridized carbons (Fsp3) is 0.200. The first-order valence-corrected chi connectivity index (χ1v) is 12.5. The van der Waals surface area contributed by atoms with Crippen molar-refractivity contribution < 1.29 is 10.2 Å². The maximum atomic E-state index is 11.3. The summed E-state index contributed by atoms with van der Waals surface area (Å²) in [7, 11) is 0. The first-order chi connectivity index (χ1) is 18.1. The fourth-order valence-electron chi connectivity index (χ4n) is 5.18. The van der Waals surface area contributed by atoms with E-state index >= 15 is 0 Å². The zero-order valence-corrected chi connectivity index (χ0v) is 20.5. The zero-order valence-electron chi connectivity index (χ0n) is 20.5. The molecule has 3 aromatic carbocycles. The molecule has 1 aliphatic rings. The van der Waals surface area contributed by atoms with Crippen molar-refractivity contribution in [3.8, 4) is 33.8 Å². The summed E-state index contributed by atoms with van der Waals surface area (Å²) in [5.41, 5.74) is 13.8. The highest BCUT2D eigenvalue weighted by Crippen LogP contribution is 2.36. The van der Waals surface area contributed by atoms with Gasteiger partial charge in [0.25, 0.3) is 0 Å². The Labute approximate surface area is 215 Å². The number of aliphatic hydroxyl groups is 1. The van der Waals surface area contributed by atoms with Gasteiger partial charge in [-0.25, -0.2) is 9.97 Å². The topological polar surface area (TPSA) is 100 Å². The van der Waals surface area contributed by atoms with Crippen LogP contribution in [-0.2, 0) is 13.1 Å². The molecule has 5 aromatic rings. The maximum Gasteiger partial charge on any atom is 0.168 e. The average Bonchev–Trinajstić information content (AvgIpc) is 3.56. The van der Waals surface area contributed by atoms with Crippen molar-refractivity contribution in [1.29, 1.82) is 0 Å². The molecule has 0 amide bonds. The molecule has 4 N–H and O–H groups in total. The summed E-state index contributed by atoms with van der Waals surface area (Å²) in [4.78, 5) is 11.3. The molecule has 0 unspecified atom stereocenters. The molecule has 37 heavy (non-hydrogen) atoms. The molecule has 1 aliphatic heterocycles. The van der Waals surface area contributed by atoms with E-state index in [1.165, 1.54) is 11.1 Å². The molecule has 1 saturated heterocycles. The number of hydrogen-bond acceptors (Lipinski definition) is 6. The molecule has 7 heteroatoms. The van der Waals surface area contributed by atoms with Gasteiger partial charge in [-0.05, 0) is 40.8 Å². The number of nitrogens with two attached hydrogens (primary N) is 1. The number of aromatic hydroxyl groups is 1. The monoisotopic (exact) mass is 491 g/mol. The van der Waals surface area contributed by atoms with Crippen molar-refractivity contribution in [3.05, 3.63) is 96.4 Å². The summed E-state index contributed by atoms with van der Waals surface area (Å²) in [5, 5.41) is 21.2. The largest absolute Gasteiger partial charge is 0.504 e. The van der Waals surface area contributed by atoms with E-state index in [0.29, 0.717) is 29.8 Å². The molecule has 3 heterocycles. The summed E-state index contributed by atoms with van der Waals surface area (Å²) < 4.78 is 1.87. The Hall–Kier alpha value is -4.04. The van der Waals surface area contributed by atoms with Crippen LogP contribution in [-0.4, -0.2) is 48.8 Å². The van der Waals surface area contributed by atoms with E-state index < -0.39 is 0 Å². The number of rotatable bonds is 6. The number of benzene rings is 3. The molecule has 0 aliphatic carbocycles. The Kier molecular flexibility index (Phi) is 6.18. The van der Waals surface area contributed by atoms with E-state index in [-0.39, 0.29) is 11.9 Å². The second kappa shape index (κ2) is 9.78. The molecule has 2 aromatic heterocycles. The molecule has 0 bridgehead atoms. The van der Waals surface area contributed by atoms with Crippen LogP contribution in [0.3, 0.4) is 0 Å². The van der Waals surface area contributed by atoms with E-state index in [1.54, 1.807) is 12.5 Å². The van der Waals surface area contributed by atoms with Crippen LogP contribution in [0.2, 0.25) is 0 Å². The second-order valence-electron chi connectivity index (χ2n) is 9.59. The minimum absolute atomic E-state index is 0.0916. The molecule has 1 fully saturated rings. The first kappa shape index (κ1) is 23.4. The number of imidazole rings is 1. The lowest BCUT2D eigenvalue weighted by Gasteiger charge is -2.18. The second-order valence-corrected chi connectivity index (χ2v) is 9.59. The van der Waals surface area contributed by atoms with Crippen LogP contribution in [0, 0.1) is 0 Å². The van der Waals surface area contributed by atoms with Gasteiger partial charge >= 0.3 is 0 Å². The zero-order chi connectivity index (χ0) is 25.4. The van der Waals surface area contributed by atoms with Crippen LogP contribution in [0.15, 0.2) is 85.3 Å². The molecule has 0 spiro atoms. The molecular weight excluding hydrogens is 462 g/mol. The number of hydrogen-bond donors (Lipinski definition) is 3. The van der Waals surface area contributed by atoms with Crippen LogP contribution in [0.1, 0.15) is 17.5 Å². The van der Waals surface area contributed by atoms with Crippen LogP contribution in [0.25, 0.3) is 39.1 Å². The Balaban J connectivity index is 1.34. The highest BCUT2D eigenvalue weighted by Gasteiger charge is 2.21. The van der Waals surface area contributed by atoms with Crippen LogP contribution >= 0.6 is 0 Å². The summed E-state index contributed by atoms with van der Waals surface area (Å²) >= 11 is 0. The average molecular weight is 492 g/mol. The standard InChI is InChI=1S/C30H29N5O2/c31-15-20-4-3-6-24(14-20)35-19-33-27-16-32-28(30(37)29(27)35)22-10-8-21(9-11-22)26-7-2-1-5-23(26)17-34-13-12-25(36)18-34/h1-11,14,16,19,25,36-37H,12-13,15,17-18,31H2/t25-/m1/s1. The van der Waals surface area contributed by atoms with Gasteiger partial charge in [0.15, 0.2) is 5.75 Å². The van der Waals surface area contributed by atoms with E-state index in [1.807, 2.05) is 47.0 Å². The van der Waals surface area contributed by atoms with E-state index in [0.717, 1.165) is 41.9 Å². The Bertz CT molecular complexity index is 1560. The lowest BCUT2D eigenvalue weighted by molar-refractivity contribution is 0.175. The van der Waals surface area contributed by atoms with Crippen molar-refractivity contribution in [2.24, 2.45) is 5.73 Å². The molecule has 0 saturated carbocycles. The molecule has 0 radical (unpaired) electrons. The molecular formula is C30H29N5O2. The lowest BCUT2D eigenvalue weighted by Crippen LogP contribution is -2.21. The third-order valence-electron chi connectivity index (χ3n) is 7.11. The molecule has 7 nitrogen and oxygen atoms in total. The summed E-state index contributed by atoms with van der Waals surface area (Å²) in [6, 6.07) is 24.4. The smallest absolute Gasteiger partial charge is 0.168 e. The molecule has 1 atom stereocenters. The van der Waals surface area contributed by atoms with Gasteiger partial charge < -0.3 is 15.9 Å². The third-order valence-corrected chi connectivity index (χ3v) is 7.11. The Morgan fingerprint density at radius 2 is 1.76 bits per heavy atom. The van der Waals surface area contributed by atoms with Gasteiger partial charge in [0.2, 0.25) is 0 Å². The predicted molar refractivity (Wildman–Crippen MR) is 145 cm³/mol. The van der Waals surface area contributed by atoms with Gasteiger partial charge in [-0.15, -0.1) is 0 Å². The van der Waals surface area contributed by atoms with Gasteiger partial charge in [0.1, 0.15) is 23.1 Å². The number of aliphatic hydroxyl groups excluding tert-OH is 1. The van der Waals surface area contributed by atoms with E-state index in [4.69, 9.17) is 5.73 Å². The SMILES string of the molecule is NCc1cccc(-n2cnc3cnc(-c4ccc(-c5ccccc5CN5CC[C@@H](O)C5)cc4)c(O)c32)c1. The van der Waals surface area contributed by atoms with Crippen molar-refractivity contribution in [3.63, 3.8) is 0 Å². The van der Waals surface area contributed by atoms with Gasteiger partial charge in [-0.2, -0.15) is 0 Å². The van der Waals surface area contributed by atoms with Gasteiger partial charge in [0, 0.05) is 37.4 Å². The summed E-state index contributed by atoms with van der Waals surface area (Å²) in [6.45, 7) is 2.88. The van der Waals surface area contributed by atoms with Crippen LogP contribution in [0.4, 0.5) is 0 Å². The quantitative estimate of drug-likeness (QED) is 0.324. The number of aromatic nitrogens is 3. The highest BCUT2D eigenvalue weighted by atomic mass is 16.3. The number of nitrogens with zero attached hydrogens (tertiary/aromatic N) is 4. The lowest BCUT2D eigenvalue weighted by atomic mass is 9.97. The minimum Gasteiger partial charge on any atom is -0.504 e. The summed E-state index contributed by atoms with van der Waals surface area (Å²) in [6.07, 6.45) is 3.99. The fourth-order valence-corrected chi connectivity index (χ4v) is 5.18. The Morgan fingerprint density at radius 1 is 0.946 bits per heavy atom. The maximum absolute atomic E-state index is 11.3. The molecule has 186 valence electrons. The number of β-amino-alcohol motifs (C(OH)–C–C–N with tert-alkyl or cyclic N) is 1. The van der Waals surface area contributed by atoms with Crippen LogP contribution < -0.4 is 5.73 Å². The number of pyridine rings is 1. The van der Waals surface area contributed by atoms with Gasteiger partial charge in [-0.3, -0.25) is 9.47 Å². The normalized spacial score (nSPS) is 16.0. The number of fused-ring (bicyclic) bond motifs is 1. The summed E-state index contributed by atoms with van der Waals surface area (Å²) in [5.74, 6) is 0.0916. The molecule has 6 rings (SSSR count). The van der Waals surface area contributed by atoms with Crippen molar-refractivity contribution in [2.75, 3.05) is 13.1 Å². The van der Waals surface area contributed by atoms with E-state index in [9.17, 15) is 10.2 Å². The first-order valence-electron chi connectivity index (χ1n) is 12.5. The minimum atomic E-state index is -0.232. The highest BCUT2D eigenvalue weighted by molar-refractivity contribution is 5.89. The van der Waals surface area contributed by atoms with Crippen molar-refractivity contribution >= 4 is 11.0 Å². The van der Waals surface area contributed by atoms with Gasteiger partial charge in [0.05, 0.1) is 12.3 Å². The van der Waals surface area contributed by atoms with Crippen LogP contribution in [0.5, 0.6) is 5.75 Å². The third kappa shape index (κ3) is 4.49.